The summed E-state index contributed by atoms with van der Waals surface area (Å²) in [4.78, 5) is 0. The lowest BCUT2D eigenvalue weighted by Gasteiger charge is -2.36. The quantitative estimate of drug-likeness (QED) is 0.641. The van der Waals surface area contributed by atoms with E-state index in [0.717, 1.165) is 18.5 Å². The van der Waals surface area contributed by atoms with Crippen molar-refractivity contribution in [2.45, 2.75) is 32.4 Å². The Labute approximate surface area is 101 Å². The van der Waals surface area contributed by atoms with E-state index in [1.165, 1.54) is 0 Å². The second kappa shape index (κ2) is 7.54. The molecule has 0 bridgehead atoms. The van der Waals surface area contributed by atoms with Crippen LogP contribution in [0.4, 0.5) is 0 Å². The maximum atomic E-state index is 5.57. The molecule has 0 spiro atoms. The van der Waals surface area contributed by atoms with Crippen molar-refractivity contribution in [3.05, 3.63) is 0 Å². The molecule has 0 aliphatic carbocycles. The highest BCUT2D eigenvalue weighted by molar-refractivity contribution is 6.81. The summed E-state index contributed by atoms with van der Waals surface area (Å²) in [5.41, 5.74) is 0. The third-order valence-corrected chi connectivity index (χ3v) is 10.5. The monoisotopic (exact) mass is 267 g/mol. The van der Waals surface area contributed by atoms with Gasteiger partial charge in [-0.05, 0) is 0 Å². The Balaban J connectivity index is 4.81. The molecular formula is C9H25NO4Si2. The molecule has 0 radical (unpaired) electrons. The molecular weight excluding hydrogens is 242 g/mol. The van der Waals surface area contributed by atoms with Gasteiger partial charge in [0.2, 0.25) is 0 Å². The van der Waals surface area contributed by atoms with Crippen molar-refractivity contribution in [3.63, 3.8) is 0 Å². The van der Waals surface area contributed by atoms with Crippen LogP contribution in [0.5, 0.6) is 0 Å². The van der Waals surface area contributed by atoms with Gasteiger partial charge in [-0.15, -0.1) is 0 Å². The van der Waals surface area contributed by atoms with E-state index in [2.05, 4.69) is 11.6 Å². The minimum absolute atomic E-state index is 0.811. The fourth-order valence-corrected chi connectivity index (χ4v) is 8.77. The average Bonchev–Trinajstić information content (AvgIpc) is 2.35. The van der Waals surface area contributed by atoms with Gasteiger partial charge in [-0.25, -0.2) is 0 Å². The maximum Gasteiger partial charge on any atom is 0.421 e. The minimum atomic E-state index is -2.38. The SMILES string of the molecule is CCC[Si](N[Si](CC)(OC)OC)(OC)OC. The Bertz CT molecular complexity index is 178. The summed E-state index contributed by atoms with van der Waals surface area (Å²) in [6, 6.07) is 1.69. The van der Waals surface area contributed by atoms with Gasteiger partial charge in [-0.1, -0.05) is 20.3 Å². The van der Waals surface area contributed by atoms with Crippen LogP contribution in [0.3, 0.4) is 0 Å². The van der Waals surface area contributed by atoms with Gasteiger partial charge in [0.1, 0.15) is 0 Å². The fourth-order valence-electron chi connectivity index (χ4n) is 1.63. The van der Waals surface area contributed by atoms with Crippen molar-refractivity contribution in [2.24, 2.45) is 0 Å². The zero-order valence-electron chi connectivity index (χ0n) is 11.3. The summed E-state index contributed by atoms with van der Waals surface area (Å²) < 4.78 is 25.6. The van der Waals surface area contributed by atoms with Gasteiger partial charge in [0.15, 0.2) is 0 Å². The van der Waals surface area contributed by atoms with Gasteiger partial charge >= 0.3 is 17.4 Å². The number of hydrogen-bond donors (Lipinski definition) is 1. The van der Waals surface area contributed by atoms with E-state index in [-0.39, 0.29) is 0 Å². The molecule has 0 rings (SSSR count). The highest BCUT2D eigenvalue weighted by Crippen LogP contribution is 2.17. The van der Waals surface area contributed by atoms with Crippen LogP contribution in [0.15, 0.2) is 0 Å². The number of hydrogen-bond acceptors (Lipinski definition) is 5. The zero-order valence-corrected chi connectivity index (χ0v) is 13.3. The molecule has 5 nitrogen and oxygen atoms in total. The Morgan fingerprint density at radius 3 is 1.50 bits per heavy atom. The lowest BCUT2D eigenvalue weighted by atomic mass is 10.6. The van der Waals surface area contributed by atoms with Crippen molar-refractivity contribution >= 4 is 17.4 Å². The number of rotatable bonds is 9. The Hall–Kier alpha value is 0.234. The normalized spacial score (nSPS) is 13.1. The van der Waals surface area contributed by atoms with E-state index in [0.29, 0.717) is 0 Å². The van der Waals surface area contributed by atoms with Crippen LogP contribution >= 0.6 is 0 Å². The van der Waals surface area contributed by atoms with Crippen molar-refractivity contribution in [3.8, 4) is 0 Å². The molecule has 0 atom stereocenters. The first kappa shape index (κ1) is 16.2. The van der Waals surface area contributed by atoms with Crippen LogP contribution in [-0.4, -0.2) is 45.9 Å². The highest BCUT2D eigenvalue weighted by Gasteiger charge is 2.47. The topological polar surface area (TPSA) is 49.0 Å². The van der Waals surface area contributed by atoms with E-state index in [1.54, 1.807) is 28.4 Å². The van der Waals surface area contributed by atoms with Gasteiger partial charge in [0, 0.05) is 40.5 Å². The summed E-state index contributed by atoms with van der Waals surface area (Å²) in [5, 5.41) is 0. The lowest BCUT2D eigenvalue weighted by molar-refractivity contribution is 0.200. The molecule has 0 aromatic rings. The van der Waals surface area contributed by atoms with Crippen LogP contribution in [0.2, 0.25) is 12.1 Å². The second-order valence-electron chi connectivity index (χ2n) is 3.55. The van der Waals surface area contributed by atoms with Crippen molar-refractivity contribution in [1.82, 2.24) is 4.65 Å². The first-order chi connectivity index (χ1) is 7.57. The second-order valence-corrected chi connectivity index (χ2v) is 10.4. The summed E-state index contributed by atoms with van der Waals surface area (Å²) in [7, 11) is 1.95. The third kappa shape index (κ3) is 3.91. The Morgan fingerprint density at radius 1 is 0.812 bits per heavy atom. The molecule has 0 aromatic carbocycles. The third-order valence-electron chi connectivity index (χ3n) is 2.74. The van der Waals surface area contributed by atoms with Gasteiger partial charge < -0.3 is 17.7 Å². The standard InChI is InChI=1S/C9H25NO4Si2/c1-7-9-16(13-5,14-6)10-15(8-2,11-3)12-4/h10H,7-9H2,1-6H3. The highest BCUT2D eigenvalue weighted by atomic mass is 28.4. The molecule has 1 N–H and O–H groups in total. The van der Waals surface area contributed by atoms with E-state index in [4.69, 9.17) is 17.7 Å². The summed E-state index contributed by atoms with van der Waals surface area (Å²) in [6.07, 6.45) is 1.00. The van der Waals surface area contributed by atoms with Gasteiger partial charge in [0.25, 0.3) is 0 Å². The fraction of sp³-hybridized carbons (Fsp3) is 1.00. The molecule has 0 unspecified atom stereocenters. The van der Waals surface area contributed by atoms with E-state index >= 15 is 0 Å². The lowest BCUT2D eigenvalue weighted by Crippen LogP contribution is -2.69. The van der Waals surface area contributed by atoms with Gasteiger partial charge in [-0.3, -0.25) is 4.65 Å². The molecule has 0 fully saturated rings. The van der Waals surface area contributed by atoms with Crippen LogP contribution < -0.4 is 4.65 Å². The van der Waals surface area contributed by atoms with Gasteiger partial charge in [-0.2, -0.15) is 0 Å². The van der Waals surface area contributed by atoms with Crippen molar-refractivity contribution < 1.29 is 17.7 Å². The average molecular weight is 267 g/mol. The molecule has 98 valence electrons. The molecule has 0 saturated heterocycles. The zero-order chi connectivity index (χ0) is 12.7. The largest absolute Gasteiger partial charge is 0.421 e. The van der Waals surface area contributed by atoms with Gasteiger partial charge in [0.05, 0.1) is 0 Å². The predicted molar refractivity (Wildman–Crippen MR) is 68.3 cm³/mol. The molecule has 0 amide bonds. The maximum absolute atomic E-state index is 5.57. The first-order valence-electron chi connectivity index (χ1n) is 5.57. The molecule has 0 aliphatic rings. The predicted octanol–water partition coefficient (Wildman–Crippen LogP) is 1.47. The van der Waals surface area contributed by atoms with Crippen molar-refractivity contribution in [1.29, 1.82) is 0 Å². The molecule has 16 heavy (non-hydrogen) atoms. The Morgan fingerprint density at radius 2 is 1.25 bits per heavy atom. The van der Waals surface area contributed by atoms with E-state index in [1.807, 2.05) is 6.92 Å². The van der Waals surface area contributed by atoms with Crippen LogP contribution in [-0.2, 0) is 17.7 Å². The summed E-state index contributed by atoms with van der Waals surface area (Å²) >= 11 is 0. The van der Waals surface area contributed by atoms with E-state index < -0.39 is 17.4 Å². The Kier molecular flexibility index (Phi) is 7.65. The molecule has 7 heteroatoms. The summed E-state index contributed by atoms with van der Waals surface area (Å²) in [6.45, 7) is 4.15. The minimum Gasteiger partial charge on any atom is -0.386 e. The molecule has 0 aliphatic heterocycles. The van der Waals surface area contributed by atoms with Crippen LogP contribution in [0.25, 0.3) is 0 Å². The number of nitrogens with one attached hydrogen (secondary N) is 1. The van der Waals surface area contributed by atoms with Crippen molar-refractivity contribution in [2.75, 3.05) is 28.4 Å². The molecule has 0 heterocycles. The van der Waals surface area contributed by atoms with Crippen LogP contribution in [0.1, 0.15) is 20.3 Å². The van der Waals surface area contributed by atoms with E-state index in [9.17, 15) is 0 Å². The first-order valence-corrected chi connectivity index (χ1v) is 9.62. The van der Waals surface area contributed by atoms with Crippen LogP contribution in [0, 0.1) is 0 Å². The molecule has 0 saturated carbocycles. The summed E-state index contributed by atoms with van der Waals surface area (Å²) in [5.74, 6) is 0. The molecule has 0 aromatic heterocycles. The smallest absolute Gasteiger partial charge is 0.386 e.